The number of hydrogen-bond donors (Lipinski definition) is 1. The average Bonchev–Trinajstić information content (AvgIpc) is 2.85. The molecule has 0 aliphatic heterocycles. The van der Waals surface area contributed by atoms with Gasteiger partial charge in [-0.25, -0.2) is 4.39 Å². The number of para-hydroxylation sites is 1. The molecular formula is C18H12FNO. The largest absolute Gasteiger partial charge is 0.456 e. The van der Waals surface area contributed by atoms with Crippen molar-refractivity contribution in [1.82, 2.24) is 0 Å². The van der Waals surface area contributed by atoms with Crippen molar-refractivity contribution in [2.45, 2.75) is 0 Å². The molecule has 4 aromatic rings. The number of anilines is 1. The lowest BCUT2D eigenvalue weighted by Gasteiger charge is -2.06. The Kier molecular flexibility index (Phi) is 2.48. The third-order valence-electron chi connectivity index (χ3n) is 3.70. The van der Waals surface area contributed by atoms with E-state index >= 15 is 0 Å². The number of rotatable bonds is 1. The molecule has 0 atom stereocenters. The maximum Gasteiger partial charge on any atom is 0.135 e. The summed E-state index contributed by atoms with van der Waals surface area (Å²) in [5.74, 6) is -0.328. The zero-order valence-corrected chi connectivity index (χ0v) is 11.1. The van der Waals surface area contributed by atoms with Crippen LogP contribution in [0, 0.1) is 5.82 Å². The van der Waals surface area contributed by atoms with E-state index in [4.69, 9.17) is 10.2 Å². The van der Waals surface area contributed by atoms with E-state index in [0.29, 0.717) is 5.69 Å². The monoisotopic (exact) mass is 277 g/mol. The van der Waals surface area contributed by atoms with Crippen molar-refractivity contribution in [2.24, 2.45) is 0 Å². The van der Waals surface area contributed by atoms with Crippen LogP contribution in [0.5, 0.6) is 0 Å². The normalized spacial score (nSPS) is 11.3. The molecular weight excluding hydrogens is 265 g/mol. The molecule has 0 radical (unpaired) electrons. The molecule has 3 aromatic carbocycles. The zero-order valence-electron chi connectivity index (χ0n) is 11.1. The predicted octanol–water partition coefficient (Wildman–Crippen LogP) is 4.97. The molecule has 1 aromatic heterocycles. The first-order valence-electron chi connectivity index (χ1n) is 6.69. The Morgan fingerprint density at radius 1 is 0.810 bits per heavy atom. The Balaban J connectivity index is 1.99. The van der Waals surface area contributed by atoms with Gasteiger partial charge in [0.2, 0.25) is 0 Å². The van der Waals surface area contributed by atoms with Gasteiger partial charge < -0.3 is 10.2 Å². The lowest BCUT2D eigenvalue weighted by atomic mass is 10.0. The second-order valence-electron chi connectivity index (χ2n) is 5.04. The Bertz CT molecular complexity index is 971. The van der Waals surface area contributed by atoms with E-state index in [-0.39, 0.29) is 5.82 Å². The topological polar surface area (TPSA) is 39.2 Å². The predicted molar refractivity (Wildman–Crippen MR) is 83.5 cm³/mol. The lowest BCUT2D eigenvalue weighted by Crippen LogP contribution is -1.91. The molecule has 0 unspecified atom stereocenters. The highest BCUT2D eigenvalue weighted by Crippen LogP contribution is 2.34. The third-order valence-corrected chi connectivity index (χ3v) is 3.70. The van der Waals surface area contributed by atoms with Crippen molar-refractivity contribution < 1.29 is 8.81 Å². The van der Waals surface area contributed by atoms with E-state index in [9.17, 15) is 4.39 Å². The number of furan rings is 1. The van der Waals surface area contributed by atoms with Crippen LogP contribution in [-0.4, -0.2) is 0 Å². The maximum atomic E-state index is 13.2. The van der Waals surface area contributed by atoms with Crippen LogP contribution in [0.4, 0.5) is 10.1 Å². The van der Waals surface area contributed by atoms with E-state index in [1.165, 1.54) is 12.1 Å². The fourth-order valence-corrected chi connectivity index (χ4v) is 2.69. The minimum atomic E-state index is -0.328. The summed E-state index contributed by atoms with van der Waals surface area (Å²) in [5, 5.41) is 2.10. The van der Waals surface area contributed by atoms with Crippen molar-refractivity contribution >= 4 is 27.6 Å². The van der Waals surface area contributed by atoms with Gasteiger partial charge in [0.1, 0.15) is 17.0 Å². The molecule has 3 heteroatoms. The number of fused-ring (bicyclic) bond motifs is 3. The van der Waals surface area contributed by atoms with E-state index in [1.54, 1.807) is 6.07 Å². The number of nitrogen functional groups attached to an aromatic ring is 1. The van der Waals surface area contributed by atoms with Crippen LogP contribution in [0.3, 0.4) is 0 Å². The molecule has 0 spiro atoms. The van der Waals surface area contributed by atoms with Gasteiger partial charge in [-0.3, -0.25) is 0 Å². The quantitative estimate of drug-likeness (QED) is 0.499. The molecule has 21 heavy (non-hydrogen) atoms. The Labute approximate surface area is 120 Å². The fourth-order valence-electron chi connectivity index (χ4n) is 2.69. The lowest BCUT2D eigenvalue weighted by molar-refractivity contribution is 0.628. The molecule has 2 nitrogen and oxygen atoms in total. The van der Waals surface area contributed by atoms with E-state index in [0.717, 1.165) is 33.1 Å². The highest BCUT2D eigenvalue weighted by molar-refractivity contribution is 6.06. The Morgan fingerprint density at radius 2 is 1.62 bits per heavy atom. The van der Waals surface area contributed by atoms with Gasteiger partial charge >= 0.3 is 0 Å². The van der Waals surface area contributed by atoms with Gasteiger partial charge in [0.05, 0.1) is 0 Å². The van der Waals surface area contributed by atoms with Gasteiger partial charge in [0.15, 0.2) is 0 Å². The van der Waals surface area contributed by atoms with Crippen LogP contribution < -0.4 is 5.73 Å². The molecule has 102 valence electrons. The van der Waals surface area contributed by atoms with E-state index in [2.05, 4.69) is 0 Å². The van der Waals surface area contributed by atoms with Gasteiger partial charge in [-0.1, -0.05) is 24.3 Å². The van der Waals surface area contributed by atoms with Crippen LogP contribution >= 0.6 is 0 Å². The zero-order chi connectivity index (χ0) is 14.4. The van der Waals surface area contributed by atoms with Gasteiger partial charge in [-0.2, -0.15) is 0 Å². The van der Waals surface area contributed by atoms with E-state index in [1.807, 2.05) is 42.5 Å². The highest BCUT2D eigenvalue weighted by atomic mass is 19.1. The molecule has 2 N–H and O–H groups in total. The van der Waals surface area contributed by atoms with Gasteiger partial charge in [0, 0.05) is 22.0 Å². The van der Waals surface area contributed by atoms with Crippen molar-refractivity contribution in [1.29, 1.82) is 0 Å². The second kappa shape index (κ2) is 4.35. The van der Waals surface area contributed by atoms with Crippen LogP contribution in [0.1, 0.15) is 0 Å². The van der Waals surface area contributed by atoms with Gasteiger partial charge in [0.25, 0.3) is 0 Å². The summed E-state index contributed by atoms with van der Waals surface area (Å²) in [6.45, 7) is 0. The van der Waals surface area contributed by atoms with Crippen molar-refractivity contribution in [2.75, 3.05) is 5.73 Å². The number of hydrogen-bond acceptors (Lipinski definition) is 2. The van der Waals surface area contributed by atoms with Crippen molar-refractivity contribution in [3.8, 4) is 11.1 Å². The second-order valence-corrected chi connectivity index (χ2v) is 5.04. The number of benzene rings is 3. The standard InChI is InChI=1S/C18H12FNO/c19-12-6-7-13(16(20)10-12)11-5-8-18-15(9-11)14-3-1-2-4-17(14)21-18/h1-10H,20H2. The summed E-state index contributed by atoms with van der Waals surface area (Å²) in [5.41, 5.74) is 9.82. The molecule has 0 fully saturated rings. The molecule has 0 aliphatic rings. The molecule has 0 amide bonds. The third kappa shape index (κ3) is 1.86. The first-order valence-corrected chi connectivity index (χ1v) is 6.69. The molecule has 0 aliphatic carbocycles. The summed E-state index contributed by atoms with van der Waals surface area (Å²) in [6, 6.07) is 18.3. The number of nitrogens with two attached hydrogens (primary N) is 1. The number of halogens is 1. The summed E-state index contributed by atoms with van der Waals surface area (Å²) >= 11 is 0. The minimum Gasteiger partial charge on any atom is -0.456 e. The minimum absolute atomic E-state index is 0.328. The van der Waals surface area contributed by atoms with Crippen molar-refractivity contribution in [3.63, 3.8) is 0 Å². The first-order chi connectivity index (χ1) is 10.2. The summed E-state index contributed by atoms with van der Waals surface area (Å²) in [6.07, 6.45) is 0. The maximum absolute atomic E-state index is 13.2. The molecule has 0 bridgehead atoms. The summed E-state index contributed by atoms with van der Waals surface area (Å²) < 4.78 is 19.0. The average molecular weight is 277 g/mol. The smallest absolute Gasteiger partial charge is 0.135 e. The SMILES string of the molecule is Nc1cc(F)ccc1-c1ccc2oc3ccccc3c2c1. The first kappa shape index (κ1) is 12.0. The van der Waals surface area contributed by atoms with Gasteiger partial charge in [-0.15, -0.1) is 0 Å². The Hall–Kier alpha value is -2.81. The molecule has 1 heterocycles. The molecule has 4 rings (SSSR count). The Morgan fingerprint density at radius 3 is 2.48 bits per heavy atom. The highest BCUT2D eigenvalue weighted by Gasteiger charge is 2.09. The summed E-state index contributed by atoms with van der Waals surface area (Å²) in [7, 11) is 0. The fraction of sp³-hybridized carbons (Fsp3) is 0. The summed E-state index contributed by atoms with van der Waals surface area (Å²) in [4.78, 5) is 0. The van der Waals surface area contributed by atoms with Crippen LogP contribution in [0.25, 0.3) is 33.1 Å². The van der Waals surface area contributed by atoms with E-state index < -0.39 is 0 Å². The van der Waals surface area contributed by atoms with Gasteiger partial charge in [-0.05, 0) is 42.0 Å². The van der Waals surface area contributed by atoms with Crippen molar-refractivity contribution in [3.05, 3.63) is 66.5 Å². The van der Waals surface area contributed by atoms with Crippen LogP contribution in [0.2, 0.25) is 0 Å². The van der Waals surface area contributed by atoms with Crippen LogP contribution in [-0.2, 0) is 0 Å². The van der Waals surface area contributed by atoms with Crippen LogP contribution in [0.15, 0.2) is 65.1 Å². The molecule has 0 saturated carbocycles. The molecule has 0 saturated heterocycles.